The molecule has 1 heterocycles. The molecular formula is C11H12O2S. The highest BCUT2D eigenvalue weighted by atomic mass is 32.2. The molecule has 0 saturated carbocycles. The van der Waals surface area contributed by atoms with Gasteiger partial charge in [0.15, 0.2) is 0 Å². The monoisotopic (exact) mass is 208 g/mol. The molecule has 0 fully saturated rings. The molecule has 0 saturated heterocycles. The van der Waals surface area contributed by atoms with Gasteiger partial charge in [-0.05, 0) is 30.4 Å². The summed E-state index contributed by atoms with van der Waals surface area (Å²) in [6, 6.07) is 1.86. The summed E-state index contributed by atoms with van der Waals surface area (Å²) in [6.07, 6.45) is 9.64. The van der Waals surface area contributed by atoms with Crippen molar-refractivity contribution in [3.8, 4) is 0 Å². The van der Waals surface area contributed by atoms with Crippen LogP contribution in [0.1, 0.15) is 12.8 Å². The van der Waals surface area contributed by atoms with Crippen LogP contribution >= 0.6 is 11.8 Å². The largest absolute Gasteiger partial charge is 0.431 e. The van der Waals surface area contributed by atoms with Crippen LogP contribution in [-0.2, 0) is 0 Å². The van der Waals surface area contributed by atoms with Crippen molar-refractivity contribution in [2.75, 3.05) is 6.26 Å². The van der Waals surface area contributed by atoms with Crippen LogP contribution < -0.4 is 16.1 Å². The van der Waals surface area contributed by atoms with Crippen molar-refractivity contribution in [3.63, 3.8) is 0 Å². The molecule has 0 spiro atoms. The van der Waals surface area contributed by atoms with Crippen LogP contribution in [-0.4, -0.2) is 11.5 Å². The maximum atomic E-state index is 11.4. The quantitative estimate of drug-likeness (QED) is 0.681. The zero-order valence-electron chi connectivity index (χ0n) is 8.03. The topological polar surface area (TPSA) is 30.2 Å². The zero-order chi connectivity index (χ0) is 9.97. The predicted molar refractivity (Wildman–Crippen MR) is 59.7 cm³/mol. The SMILES string of the molecule is CSC1CC=c2ccoc(=O)c2=CC1. The van der Waals surface area contributed by atoms with Crippen molar-refractivity contribution in [1.29, 1.82) is 0 Å². The molecule has 0 aliphatic heterocycles. The Morgan fingerprint density at radius 3 is 3.00 bits per heavy atom. The maximum Gasteiger partial charge on any atom is 0.343 e. The molecule has 2 nitrogen and oxygen atoms in total. The van der Waals surface area contributed by atoms with Crippen molar-refractivity contribution < 1.29 is 4.42 Å². The van der Waals surface area contributed by atoms with E-state index in [0.29, 0.717) is 5.25 Å². The number of hydrogen-bond acceptors (Lipinski definition) is 3. The Bertz CT molecular complexity index is 487. The summed E-state index contributed by atoms with van der Waals surface area (Å²) >= 11 is 1.84. The highest BCUT2D eigenvalue weighted by molar-refractivity contribution is 7.99. The Morgan fingerprint density at radius 2 is 2.21 bits per heavy atom. The fraction of sp³-hybridized carbons (Fsp3) is 0.364. The molecule has 1 aromatic heterocycles. The molecule has 1 aliphatic carbocycles. The van der Waals surface area contributed by atoms with Crippen molar-refractivity contribution >= 4 is 23.9 Å². The Morgan fingerprint density at radius 1 is 1.43 bits per heavy atom. The molecule has 3 heteroatoms. The van der Waals surface area contributed by atoms with Gasteiger partial charge in [0.25, 0.3) is 0 Å². The fourth-order valence-electron chi connectivity index (χ4n) is 1.62. The molecular weight excluding hydrogens is 196 g/mol. The lowest BCUT2D eigenvalue weighted by Gasteiger charge is -2.06. The van der Waals surface area contributed by atoms with Crippen molar-refractivity contribution in [2.45, 2.75) is 18.1 Å². The van der Waals surface area contributed by atoms with Crippen molar-refractivity contribution in [3.05, 3.63) is 33.2 Å². The summed E-state index contributed by atoms with van der Waals surface area (Å²) in [4.78, 5) is 11.4. The minimum Gasteiger partial charge on any atom is -0.431 e. The first kappa shape index (κ1) is 9.59. The van der Waals surface area contributed by atoms with E-state index in [4.69, 9.17) is 4.42 Å². The van der Waals surface area contributed by atoms with E-state index in [1.165, 1.54) is 6.26 Å². The summed E-state index contributed by atoms with van der Waals surface area (Å²) in [7, 11) is 0. The van der Waals surface area contributed by atoms with Crippen LogP contribution in [0, 0.1) is 0 Å². The summed E-state index contributed by atoms with van der Waals surface area (Å²) in [5.41, 5.74) is -0.222. The van der Waals surface area contributed by atoms with Gasteiger partial charge in [-0.15, -0.1) is 0 Å². The van der Waals surface area contributed by atoms with E-state index in [-0.39, 0.29) is 5.63 Å². The van der Waals surface area contributed by atoms with E-state index in [2.05, 4.69) is 12.3 Å². The molecule has 0 aromatic carbocycles. The van der Waals surface area contributed by atoms with Crippen LogP contribution in [0.5, 0.6) is 0 Å². The first-order chi connectivity index (χ1) is 6.81. The van der Waals surface area contributed by atoms with E-state index in [1.54, 1.807) is 0 Å². The molecule has 1 aromatic rings. The Labute approximate surface area is 86.3 Å². The first-order valence-corrected chi connectivity index (χ1v) is 5.91. The van der Waals surface area contributed by atoms with E-state index < -0.39 is 0 Å². The van der Waals surface area contributed by atoms with Crippen molar-refractivity contribution in [2.24, 2.45) is 0 Å². The second-order valence-corrected chi connectivity index (χ2v) is 4.45. The average molecular weight is 208 g/mol. The minimum absolute atomic E-state index is 0.222. The van der Waals surface area contributed by atoms with Gasteiger partial charge in [0, 0.05) is 5.25 Å². The lowest BCUT2D eigenvalue weighted by atomic mass is 10.2. The van der Waals surface area contributed by atoms with E-state index >= 15 is 0 Å². The molecule has 1 atom stereocenters. The average Bonchev–Trinajstić information content (AvgIpc) is 2.41. The Balaban J connectivity index is 2.60. The van der Waals surface area contributed by atoms with E-state index in [9.17, 15) is 4.79 Å². The lowest BCUT2D eigenvalue weighted by molar-refractivity contribution is 0.503. The molecule has 1 aliphatic rings. The van der Waals surface area contributed by atoms with Gasteiger partial charge in [0.2, 0.25) is 0 Å². The zero-order valence-corrected chi connectivity index (χ0v) is 8.84. The normalized spacial score (nSPS) is 20.2. The fourth-order valence-corrected chi connectivity index (χ4v) is 2.19. The second kappa shape index (κ2) is 4.05. The predicted octanol–water partition coefficient (Wildman–Crippen LogP) is 0.726. The van der Waals surface area contributed by atoms with Gasteiger partial charge < -0.3 is 4.42 Å². The van der Waals surface area contributed by atoms with Gasteiger partial charge >= 0.3 is 5.63 Å². The van der Waals surface area contributed by atoms with Gasteiger partial charge in [0.1, 0.15) is 0 Å². The molecule has 1 unspecified atom stereocenters. The molecule has 0 amide bonds. The van der Waals surface area contributed by atoms with Crippen LogP contribution in [0.25, 0.3) is 12.2 Å². The lowest BCUT2D eigenvalue weighted by Crippen LogP contribution is -2.37. The second-order valence-electron chi connectivity index (χ2n) is 3.31. The third-order valence-electron chi connectivity index (χ3n) is 2.47. The van der Waals surface area contributed by atoms with E-state index in [0.717, 1.165) is 23.3 Å². The van der Waals surface area contributed by atoms with Gasteiger partial charge in [-0.25, -0.2) is 4.79 Å². The van der Waals surface area contributed by atoms with Gasteiger partial charge in [-0.3, -0.25) is 0 Å². The smallest absolute Gasteiger partial charge is 0.343 e. The van der Waals surface area contributed by atoms with Gasteiger partial charge in [-0.1, -0.05) is 12.2 Å². The molecule has 0 N–H and O–H groups in total. The Kier molecular flexibility index (Phi) is 2.77. The maximum absolute atomic E-state index is 11.4. The highest BCUT2D eigenvalue weighted by Gasteiger charge is 2.06. The Hall–Kier alpha value is -0.960. The molecule has 0 bridgehead atoms. The summed E-state index contributed by atoms with van der Waals surface area (Å²) in [5.74, 6) is 0. The summed E-state index contributed by atoms with van der Waals surface area (Å²) in [5, 5.41) is 2.32. The third-order valence-corrected chi connectivity index (χ3v) is 3.52. The highest BCUT2D eigenvalue weighted by Crippen LogP contribution is 2.16. The van der Waals surface area contributed by atoms with Crippen LogP contribution in [0.15, 0.2) is 21.5 Å². The summed E-state index contributed by atoms with van der Waals surface area (Å²) in [6.45, 7) is 0. The van der Waals surface area contributed by atoms with E-state index in [1.807, 2.05) is 23.9 Å². The number of rotatable bonds is 1. The molecule has 14 heavy (non-hydrogen) atoms. The number of hydrogen-bond donors (Lipinski definition) is 0. The molecule has 2 rings (SSSR count). The van der Waals surface area contributed by atoms with Crippen LogP contribution in [0.4, 0.5) is 0 Å². The van der Waals surface area contributed by atoms with Gasteiger partial charge in [-0.2, -0.15) is 11.8 Å². The molecule has 0 radical (unpaired) electrons. The van der Waals surface area contributed by atoms with Crippen molar-refractivity contribution in [1.82, 2.24) is 0 Å². The number of thioether (sulfide) groups is 1. The first-order valence-electron chi connectivity index (χ1n) is 4.62. The standard InChI is InChI=1S/C11H12O2S/c1-14-9-3-2-8-6-7-13-11(12)10(8)5-4-9/h2,5-7,9H,3-4H2,1H3. The minimum atomic E-state index is -0.222. The number of fused-ring (bicyclic) bond motifs is 1. The summed E-state index contributed by atoms with van der Waals surface area (Å²) < 4.78 is 4.84. The third kappa shape index (κ3) is 1.77. The van der Waals surface area contributed by atoms with Crippen LogP contribution in [0.2, 0.25) is 0 Å². The molecule has 74 valence electrons. The van der Waals surface area contributed by atoms with Gasteiger partial charge in [0.05, 0.1) is 11.5 Å². The van der Waals surface area contributed by atoms with Crippen LogP contribution in [0.3, 0.4) is 0 Å².